The van der Waals surface area contributed by atoms with Gasteiger partial charge in [-0.05, 0) is 48.4 Å². The molecule has 0 amide bonds. The molecule has 1 aliphatic carbocycles. The summed E-state index contributed by atoms with van der Waals surface area (Å²) in [5, 5.41) is 0. The summed E-state index contributed by atoms with van der Waals surface area (Å²) in [7, 11) is -4.58. The molecule has 0 heterocycles. The molecular weight excluding hydrogens is 373 g/mol. The number of hydrogen-bond donors (Lipinski definition) is 0. The highest BCUT2D eigenvalue weighted by Gasteiger charge is 2.49. The van der Waals surface area contributed by atoms with Crippen LogP contribution in [0.25, 0.3) is 5.76 Å². The van der Waals surface area contributed by atoms with Gasteiger partial charge in [0, 0.05) is 5.56 Å². The zero-order chi connectivity index (χ0) is 19.7. The maximum Gasteiger partial charge on any atom is 0.534 e. The van der Waals surface area contributed by atoms with Gasteiger partial charge in [0.15, 0.2) is 0 Å². The van der Waals surface area contributed by atoms with Gasteiger partial charge in [0.25, 0.3) is 0 Å². The number of allylic oxidation sites excluding steroid dienone is 1. The first-order valence-electron chi connectivity index (χ1n) is 7.90. The molecule has 0 radical (unpaired) electrons. The normalized spacial score (nSPS) is 18.0. The zero-order valence-electron chi connectivity index (χ0n) is 14.5. The third-order valence-corrected chi connectivity index (χ3v) is 5.21. The van der Waals surface area contributed by atoms with Gasteiger partial charge in [-0.3, -0.25) is 0 Å². The van der Waals surface area contributed by atoms with E-state index in [1.54, 1.807) is 0 Å². The van der Waals surface area contributed by atoms with Gasteiger partial charge < -0.3 is 8.92 Å². The number of carbonyl (C=O) groups excluding carboxylic acids is 1. The predicted molar refractivity (Wildman–Crippen MR) is 88.5 cm³/mol. The molecule has 2 rings (SSSR count). The van der Waals surface area contributed by atoms with Crippen molar-refractivity contribution in [3.8, 4) is 0 Å². The first-order valence-corrected chi connectivity index (χ1v) is 9.31. The number of esters is 1. The Kier molecular flexibility index (Phi) is 5.70. The summed E-state index contributed by atoms with van der Waals surface area (Å²) in [6.07, 6.45) is 2.45. The molecule has 0 aromatic heterocycles. The molecule has 1 atom stereocenters. The van der Waals surface area contributed by atoms with Gasteiger partial charge in [0.05, 0.1) is 12.7 Å². The Bertz CT molecular complexity index is 825. The minimum absolute atomic E-state index is 0.0663. The van der Waals surface area contributed by atoms with Crippen LogP contribution in [-0.4, -0.2) is 27.0 Å². The zero-order valence-corrected chi connectivity index (χ0v) is 15.3. The molecule has 0 N–H and O–H groups in total. The molecule has 0 spiro atoms. The summed E-state index contributed by atoms with van der Waals surface area (Å²) < 4.78 is 70.3. The Morgan fingerprint density at radius 1 is 1.27 bits per heavy atom. The molecule has 26 heavy (non-hydrogen) atoms. The number of halogens is 3. The average Bonchev–Trinajstić information content (AvgIpc) is 2.72. The van der Waals surface area contributed by atoms with E-state index >= 15 is 0 Å². The van der Waals surface area contributed by atoms with Crippen molar-refractivity contribution in [2.75, 3.05) is 7.11 Å². The molecule has 0 saturated heterocycles. The van der Waals surface area contributed by atoms with Crippen molar-refractivity contribution in [2.45, 2.75) is 32.2 Å². The van der Waals surface area contributed by atoms with Crippen LogP contribution in [0.15, 0.2) is 24.3 Å². The number of carbonyl (C=O) groups is 1. The largest absolute Gasteiger partial charge is 0.534 e. The molecule has 0 bridgehead atoms. The van der Waals surface area contributed by atoms with Crippen molar-refractivity contribution in [1.29, 1.82) is 0 Å². The molecule has 9 heteroatoms. The molecule has 1 aromatic rings. The quantitative estimate of drug-likeness (QED) is 0.442. The summed E-state index contributed by atoms with van der Waals surface area (Å²) in [6, 6.07) is 4.22. The minimum atomic E-state index is -5.80. The van der Waals surface area contributed by atoms with E-state index in [1.165, 1.54) is 31.4 Å². The minimum Gasteiger partial charge on any atom is -0.465 e. The van der Waals surface area contributed by atoms with Crippen molar-refractivity contribution < 1.29 is 35.3 Å². The highest BCUT2D eigenvalue weighted by Crippen LogP contribution is 2.36. The van der Waals surface area contributed by atoms with E-state index in [1.807, 2.05) is 13.8 Å². The fraction of sp³-hybridized carbons (Fsp3) is 0.471. The molecule has 144 valence electrons. The summed E-state index contributed by atoms with van der Waals surface area (Å²) in [6.45, 7) is 3.76. The molecule has 1 aliphatic rings. The van der Waals surface area contributed by atoms with Gasteiger partial charge in [0.2, 0.25) is 0 Å². The highest BCUT2D eigenvalue weighted by atomic mass is 32.2. The van der Waals surface area contributed by atoms with Gasteiger partial charge in [-0.15, -0.1) is 0 Å². The Balaban J connectivity index is 2.54. The van der Waals surface area contributed by atoms with E-state index in [4.69, 9.17) is 0 Å². The van der Waals surface area contributed by atoms with Crippen LogP contribution in [0.2, 0.25) is 0 Å². The Hall–Kier alpha value is -2.03. The first-order chi connectivity index (χ1) is 12.0. The molecule has 0 fully saturated rings. The third kappa shape index (κ3) is 4.20. The van der Waals surface area contributed by atoms with Crippen LogP contribution in [-0.2, 0) is 25.5 Å². The van der Waals surface area contributed by atoms with Crippen LogP contribution in [0.3, 0.4) is 0 Å². The third-order valence-electron chi connectivity index (χ3n) is 4.24. The number of ether oxygens (including phenoxy) is 1. The van der Waals surface area contributed by atoms with Crippen molar-refractivity contribution >= 4 is 21.8 Å². The standard InChI is InChI=1S/C17H19F3O5S/c1-10(2)11-4-5-12-8-13(16(21)24-3)6-7-14(12)15(9-11)25-26(22,23)17(18,19)20/h6-11H,4-5H2,1-3H3. The van der Waals surface area contributed by atoms with Crippen molar-refractivity contribution in [2.24, 2.45) is 11.8 Å². The van der Waals surface area contributed by atoms with Gasteiger partial charge in [0.1, 0.15) is 5.76 Å². The molecule has 1 aromatic carbocycles. The highest BCUT2D eigenvalue weighted by molar-refractivity contribution is 7.87. The summed E-state index contributed by atoms with van der Waals surface area (Å²) >= 11 is 0. The van der Waals surface area contributed by atoms with E-state index in [-0.39, 0.29) is 28.7 Å². The van der Waals surface area contributed by atoms with E-state index in [0.717, 1.165) is 0 Å². The van der Waals surface area contributed by atoms with Crippen LogP contribution in [0.1, 0.15) is 41.8 Å². The second-order valence-electron chi connectivity index (χ2n) is 6.32. The predicted octanol–water partition coefficient (Wildman–Crippen LogP) is 3.90. The lowest BCUT2D eigenvalue weighted by Crippen LogP contribution is -2.25. The number of hydrogen-bond acceptors (Lipinski definition) is 5. The second kappa shape index (κ2) is 7.30. The molecule has 5 nitrogen and oxygen atoms in total. The van der Waals surface area contributed by atoms with E-state index in [9.17, 15) is 26.4 Å². The van der Waals surface area contributed by atoms with Crippen LogP contribution >= 0.6 is 0 Å². The second-order valence-corrected chi connectivity index (χ2v) is 7.86. The number of alkyl halides is 3. The lowest BCUT2D eigenvalue weighted by atomic mass is 9.91. The Morgan fingerprint density at radius 3 is 2.46 bits per heavy atom. The monoisotopic (exact) mass is 392 g/mol. The van der Waals surface area contributed by atoms with Crippen LogP contribution in [0.4, 0.5) is 13.2 Å². The van der Waals surface area contributed by atoms with Crippen LogP contribution in [0, 0.1) is 11.8 Å². The number of methoxy groups -OCH3 is 1. The first kappa shape index (κ1) is 20.3. The van der Waals surface area contributed by atoms with Crippen molar-refractivity contribution in [3.05, 3.63) is 41.0 Å². The maximum absolute atomic E-state index is 12.7. The van der Waals surface area contributed by atoms with Crippen molar-refractivity contribution in [3.63, 3.8) is 0 Å². The summed E-state index contributed by atoms with van der Waals surface area (Å²) in [5.74, 6) is -1.07. The smallest absolute Gasteiger partial charge is 0.465 e. The summed E-state index contributed by atoms with van der Waals surface area (Å²) in [5.41, 5.74) is -4.56. The van der Waals surface area contributed by atoms with Gasteiger partial charge in [-0.1, -0.05) is 19.9 Å². The number of benzene rings is 1. The fourth-order valence-corrected chi connectivity index (χ4v) is 3.22. The topological polar surface area (TPSA) is 69.7 Å². The maximum atomic E-state index is 12.7. The number of aryl methyl sites for hydroxylation is 1. The fourth-order valence-electron chi connectivity index (χ4n) is 2.74. The van der Waals surface area contributed by atoms with Crippen LogP contribution < -0.4 is 0 Å². The molecule has 0 aliphatic heterocycles. The lowest BCUT2D eigenvalue weighted by Gasteiger charge is -2.16. The molecule has 1 unspecified atom stereocenters. The van der Waals surface area contributed by atoms with E-state index in [2.05, 4.69) is 8.92 Å². The SMILES string of the molecule is COC(=O)c1ccc2c(c1)CCC(C(C)C)C=C2OS(=O)(=O)C(F)(F)F. The van der Waals surface area contributed by atoms with Gasteiger partial charge in [-0.2, -0.15) is 21.6 Å². The average molecular weight is 392 g/mol. The number of rotatable bonds is 4. The Morgan fingerprint density at radius 2 is 1.92 bits per heavy atom. The van der Waals surface area contributed by atoms with E-state index < -0.39 is 21.6 Å². The molecular formula is C17H19F3O5S. The lowest BCUT2D eigenvalue weighted by molar-refractivity contribution is -0.0509. The summed E-state index contributed by atoms with van der Waals surface area (Å²) in [4.78, 5) is 11.7. The van der Waals surface area contributed by atoms with E-state index in [0.29, 0.717) is 18.4 Å². The van der Waals surface area contributed by atoms with Gasteiger partial charge in [-0.25, -0.2) is 4.79 Å². The van der Waals surface area contributed by atoms with Gasteiger partial charge >= 0.3 is 21.6 Å². The number of fused-ring (bicyclic) bond motifs is 1. The Labute approximate surface area is 149 Å². The van der Waals surface area contributed by atoms with Crippen molar-refractivity contribution in [1.82, 2.24) is 0 Å². The molecule has 0 saturated carbocycles. The van der Waals surface area contributed by atoms with Crippen LogP contribution in [0.5, 0.6) is 0 Å².